The topological polar surface area (TPSA) is 112 Å². The Morgan fingerprint density at radius 1 is 1.11 bits per heavy atom. The molecule has 1 heterocycles. The van der Waals surface area contributed by atoms with Crippen LogP contribution >= 0.6 is 0 Å². The molecule has 1 aliphatic heterocycles. The van der Waals surface area contributed by atoms with Crippen molar-refractivity contribution in [3.63, 3.8) is 0 Å². The minimum atomic E-state index is -0.420. The molecule has 0 unspecified atom stereocenters. The second-order valence-electron chi connectivity index (χ2n) is 10.0. The van der Waals surface area contributed by atoms with Crippen LogP contribution in [0.25, 0.3) is 0 Å². The molecule has 4 N–H and O–H groups in total. The summed E-state index contributed by atoms with van der Waals surface area (Å²) in [6.07, 6.45) is 2.49. The van der Waals surface area contributed by atoms with Gasteiger partial charge in [0.1, 0.15) is 5.75 Å². The molecule has 38 heavy (non-hydrogen) atoms. The van der Waals surface area contributed by atoms with E-state index in [1.807, 2.05) is 39.1 Å². The first-order chi connectivity index (χ1) is 18.3. The molecule has 3 rings (SSSR count). The molecule has 4 atom stereocenters. The van der Waals surface area contributed by atoms with E-state index in [2.05, 4.69) is 22.9 Å². The summed E-state index contributed by atoms with van der Waals surface area (Å²) in [5.41, 5.74) is 1.46. The fourth-order valence-electron chi connectivity index (χ4n) is 4.51. The van der Waals surface area contributed by atoms with Crippen molar-refractivity contribution in [3.05, 3.63) is 54.1 Å². The van der Waals surface area contributed by atoms with Crippen LogP contribution < -0.4 is 20.7 Å². The molecule has 0 aromatic heterocycles. The third-order valence-corrected chi connectivity index (χ3v) is 6.75. The van der Waals surface area contributed by atoms with Gasteiger partial charge < -0.3 is 35.4 Å². The van der Waals surface area contributed by atoms with Crippen LogP contribution in [0.2, 0.25) is 0 Å². The lowest BCUT2D eigenvalue weighted by Crippen LogP contribution is -2.47. The molecule has 0 radical (unpaired) electrons. The molecule has 2 aromatic carbocycles. The van der Waals surface area contributed by atoms with E-state index >= 15 is 0 Å². The second-order valence-corrected chi connectivity index (χ2v) is 10.0. The summed E-state index contributed by atoms with van der Waals surface area (Å²) < 4.78 is 12.4. The Morgan fingerprint density at radius 2 is 1.84 bits per heavy atom. The largest absolute Gasteiger partial charge is 0.490 e. The fourth-order valence-corrected chi connectivity index (χ4v) is 4.51. The minimum Gasteiger partial charge on any atom is -0.490 e. The van der Waals surface area contributed by atoms with Crippen molar-refractivity contribution in [3.8, 4) is 5.75 Å². The molecule has 0 aliphatic carbocycles. The van der Waals surface area contributed by atoms with Gasteiger partial charge in [0, 0.05) is 37.0 Å². The first kappa shape index (κ1) is 29.4. The number of nitrogens with one attached hydrogen (secondary N) is 3. The number of rotatable bonds is 6. The molecule has 0 saturated carbocycles. The summed E-state index contributed by atoms with van der Waals surface area (Å²) in [7, 11) is 1.89. The van der Waals surface area contributed by atoms with E-state index in [1.54, 1.807) is 35.2 Å². The van der Waals surface area contributed by atoms with Crippen molar-refractivity contribution in [1.82, 2.24) is 10.2 Å². The standard InChI is InChI=1S/C29H42N4O5/c1-20-18-33(21(2)19-34)28(35)25-16-24(32-29(36)31-23-11-6-5-7-12-23)13-14-26(25)38-22(3)10-8-9-15-37-27(20)17-30-4/h5-7,11-14,16,20-22,27,30,34H,8-10,15,17-19H2,1-4H3,(H2,31,32,36)/t20-,21+,22-,27-/m1/s1. The third kappa shape index (κ3) is 8.44. The van der Waals surface area contributed by atoms with Crippen molar-refractivity contribution < 1.29 is 24.2 Å². The van der Waals surface area contributed by atoms with Crippen LogP contribution in [0.5, 0.6) is 5.75 Å². The quantitative estimate of drug-likeness (QED) is 0.445. The Bertz CT molecular complexity index is 1030. The maximum atomic E-state index is 14.0. The number of hydrogen-bond donors (Lipinski definition) is 4. The smallest absolute Gasteiger partial charge is 0.323 e. The molecule has 0 bridgehead atoms. The Balaban J connectivity index is 1.93. The van der Waals surface area contributed by atoms with E-state index < -0.39 is 12.1 Å². The van der Waals surface area contributed by atoms with Gasteiger partial charge in [-0.2, -0.15) is 0 Å². The van der Waals surface area contributed by atoms with Gasteiger partial charge in [-0.1, -0.05) is 25.1 Å². The number of para-hydroxylation sites is 1. The summed E-state index contributed by atoms with van der Waals surface area (Å²) in [4.78, 5) is 28.3. The van der Waals surface area contributed by atoms with Gasteiger partial charge in [0.05, 0.1) is 30.4 Å². The van der Waals surface area contributed by atoms with E-state index in [0.29, 0.717) is 42.4 Å². The lowest BCUT2D eigenvalue weighted by atomic mass is 10.0. The third-order valence-electron chi connectivity index (χ3n) is 6.75. The number of ether oxygens (including phenoxy) is 2. The maximum Gasteiger partial charge on any atom is 0.323 e. The zero-order valence-electron chi connectivity index (χ0n) is 22.9. The maximum absolute atomic E-state index is 14.0. The monoisotopic (exact) mass is 526 g/mol. The molecular formula is C29H42N4O5. The molecular weight excluding hydrogens is 484 g/mol. The fraction of sp³-hybridized carbons (Fsp3) is 0.517. The number of nitrogens with zero attached hydrogens (tertiary/aromatic N) is 1. The number of hydrogen-bond acceptors (Lipinski definition) is 6. The van der Waals surface area contributed by atoms with Crippen LogP contribution in [-0.2, 0) is 4.74 Å². The summed E-state index contributed by atoms with van der Waals surface area (Å²) in [5, 5.41) is 18.8. The van der Waals surface area contributed by atoms with Crippen molar-refractivity contribution in [2.75, 3.05) is 44.0 Å². The van der Waals surface area contributed by atoms with Crippen LogP contribution in [0.4, 0.5) is 16.2 Å². The summed E-state index contributed by atoms with van der Waals surface area (Å²) in [6.45, 7) is 7.39. The number of carbonyl (C=O) groups excluding carboxylic acids is 2. The lowest BCUT2D eigenvalue weighted by molar-refractivity contribution is -0.000450. The summed E-state index contributed by atoms with van der Waals surface area (Å²) >= 11 is 0. The predicted octanol–water partition coefficient (Wildman–Crippen LogP) is 4.35. The predicted molar refractivity (Wildman–Crippen MR) is 150 cm³/mol. The number of carbonyl (C=O) groups is 2. The molecule has 1 aliphatic rings. The van der Waals surface area contributed by atoms with Crippen molar-refractivity contribution in [2.45, 2.75) is 58.3 Å². The van der Waals surface area contributed by atoms with E-state index in [0.717, 1.165) is 19.3 Å². The minimum absolute atomic E-state index is 0.0181. The molecule has 9 heteroatoms. The highest BCUT2D eigenvalue weighted by atomic mass is 16.5. The normalized spacial score (nSPS) is 22.0. The van der Waals surface area contributed by atoms with E-state index in [4.69, 9.17) is 9.47 Å². The number of urea groups is 1. The van der Waals surface area contributed by atoms with Crippen molar-refractivity contribution in [1.29, 1.82) is 0 Å². The van der Waals surface area contributed by atoms with Gasteiger partial charge in [-0.3, -0.25) is 4.79 Å². The van der Waals surface area contributed by atoms with Gasteiger partial charge in [0.25, 0.3) is 5.91 Å². The molecule has 0 spiro atoms. The number of benzene rings is 2. The molecule has 9 nitrogen and oxygen atoms in total. The number of likely N-dealkylation sites (N-methyl/N-ethyl adjacent to an activating group) is 1. The van der Waals surface area contributed by atoms with Crippen LogP contribution in [0.15, 0.2) is 48.5 Å². The van der Waals surface area contributed by atoms with Gasteiger partial charge in [0.2, 0.25) is 0 Å². The number of amides is 3. The van der Waals surface area contributed by atoms with Gasteiger partial charge in [-0.15, -0.1) is 0 Å². The van der Waals surface area contributed by atoms with Gasteiger partial charge in [-0.05, 0) is 70.5 Å². The highest BCUT2D eigenvalue weighted by molar-refractivity contribution is 6.02. The van der Waals surface area contributed by atoms with Crippen LogP contribution in [-0.4, -0.2) is 73.5 Å². The van der Waals surface area contributed by atoms with Crippen molar-refractivity contribution in [2.24, 2.45) is 5.92 Å². The van der Waals surface area contributed by atoms with E-state index in [-0.39, 0.29) is 30.6 Å². The summed E-state index contributed by atoms with van der Waals surface area (Å²) in [5.74, 6) is 0.206. The van der Waals surface area contributed by atoms with Gasteiger partial charge >= 0.3 is 6.03 Å². The highest BCUT2D eigenvalue weighted by Gasteiger charge is 2.29. The molecule has 2 aromatic rings. The Kier molecular flexibility index (Phi) is 11.4. The molecule has 208 valence electrons. The first-order valence-corrected chi connectivity index (χ1v) is 13.4. The number of anilines is 2. The summed E-state index contributed by atoms with van der Waals surface area (Å²) in [6, 6.07) is 13.4. The average molecular weight is 527 g/mol. The lowest BCUT2D eigenvalue weighted by Gasteiger charge is -2.34. The zero-order chi connectivity index (χ0) is 27.5. The molecule has 0 fully saturated rings. The van der Waals surface area contributed by atoms with Crippen molar-refractivity contribution >= 4 is 23.3 Å². The first-order valence-electron chi connectivity index (χ1n) is 13.4. The zero-order valence-corrected chi connectivity index (χ0v) is 22.9. The number of aliphatic hydroxyl groups is 1. The highest BCUT2D eigenvalue weighted by Crippen LogP contribution is 2.28. The second kappa shape index (κ2) is 14.7. The van der Waals surface area contributed by atoms with Gasteiger partial charge in [-0.25, -0.2) is 4.79 Å². The van der Waals surface area contributed by atoms with Gasteiger partial charge in [0.15, 0.2) is 0 Å². The number of fused-ring (bicyclic) bond motifs is 1. The Hall–Kier alpha value is -3.14. The van der Waals surface area contributed by atoms with Crippen LogP contribution in [0, 0.1) is 5.92 Å². The van der Waals surface area contributed by atoms with Crippen LogP contribution in [0.3, 0.4) is 0 Å². The van der Waals surface area contributed by atoms with Crippen LogP contribution in [0.1, 0.15) is 50.4 Å². The van der Waals surface area contributed by atoms with E-state index in [1.165, 1.54) is 0 Å². The Morgan fingerprint density at radius 3 is 2.55 bits per heavy atom. The van der Waals surface area contributed by atoms with E-state index in [9.17, 15) is 14.7 Å². The molecule has 3 amide bonds. The average Bonchev–Trinajstić information content (AvgIpc) is 2.90. The Labute approximate surface area is 225 Å². The molecule has 0 saturated heterocycles. The number of aliphatic hydroxyl groups excluding tert-OH is 1. The SMILES string of the molecule is CNC[C@H]1OCCCC[C@@H](C)Oc2ccc(NC(=O)Nc3ccccc3)cc2C(=O)N([C@@H](C)CO)C[C@H]1C.